The highest BCUT2D eigenvalue weighted by molar-refractivity contribution is 5.96. The molecule has 0 spiro atoms. The molecule has 1 unspecified atom stereocenters. The minimum absolute atomic E-state index is 0.0535. The van der Waals surface area contributed by atoms with Crippen molar-refractivity contribution in [1.29, 1.82) is 0 Å². The van der Waals surface area contributed by atoms with E-state index in [1.807, 2.05) is 56.1 Å². The van der Waals surface area contributed by atoms with Gasteiger partial charge in [0.1, 0.15) is 5.75 Å². The molecule has 1 atom stereocenters. The van der Waals surface area contributed by atoms with Crippen molar-refractivity contribution in [3.05, 3.63) is 71.8 Å². The van der Waals surface area contributed by atoms with Gasteiger partial charge in [0.2, 0.25) is 5.91 Å². The number of carbonyl (C=O) groups excluding carboxylic acids is 1. The van der Waals surface area contributed by atoms with Crippen molar-refractivity contribution in [2.75, 3.05) is 19.5 Å². The minimum atomic E-state index is -0.276. The van der Waals surface area contributed by atoms with Crippen LogP contribution in [0, 0.1) is 6.92 Å². The third-order valence-electron chi connectivity index (χ3n) is 4.90. The number of benzene rings is 3. The largest absolute Gasteiger partial charge is 0.495 e. The summed E-state index contributed by atoms with van der Waals surface area (Å²) in [6.45, 7) is 4.60. The van der Waals surface area contributed by atoms with E-state index in [0.29, 0.717) is 18.0 Å². The summed E-state index contributed by atoms with van der Waals surface area (Å²) in [5.41, 5.74) is 2.96. The molecule has 3 rings (SSSR count). The predicted octanol–water partition coefficient (Wildman–Crippen LogP) is 4.62. The molecule has 0 saturated carbocycles. The van der Waals surface area contributed by atoms with Gasteiger partial charge in [-0.25, -0.2) is 0 Å². The Morgan fingerprint density at radius 3 is 2.56 bits per heavy atom. The summed E-state index contributed by atoms with van der Waals surface area (Å²) in [4.78, 5) is 14.8. The number of methoxy groups -OCH3 is 1. The van der Waals surface area contributed by atoms with Crippen LogP contribution in [-0.4, -0.2) is 31.0 Å². The van der Waals surface area contributed by atoms with Gasteiger partial charge in [-0.2, -0.15) is 0 Å². The van der Waals surface area contributed by atoms with Crippen LogP contribution in [0.5, 0.6) is 5.75 Å². The summed E-state index contributed by atoms with van der Waals surface area (Å²) in [5, 5.41) is 5.43. The van der Waals surface area contributed by atoms with Crippen LogP contribution >= 0.6 is 0 Å². The number of rotatable bonds is 6. The lowest BCUT2D eigenvalue weighted by Crippen LogP contribution is -2.39. The zero-order valence-electron chi connectivity index (χ0n) is 16.3. The fraction of sp³-hybridized carbons (Fsp3) is 0.261. The topological polar surface area (TPSA) is 41.6 Å². The van der Waals surface area contributed by atoms with Gasteiger partial charge in [0.15, 0.2) is 0 Å². The van der Waals surface area contributed by atoms with E-state index in [0.717, 1.165) is 5.56 Å². The SMILES string of the molecule is COc1ccc(C)cc1NC(=O)C(C)N(C)Cc1ccc2ccccc2c1. The molecule has 0 radical (unpaired) electrons. The molecule has 0 aliphatic carbocycles. The average Bonchev–Trinajstić information content (AvgIpc) is 2.67. The molecule has 140 valence electrons. The van der Waals surface area contributed by atoms with E-state index in [1.54, 1.807) is 7.11 Å². The second-order valence-electron chi connectivity index (χ2n) is 6.97. The summed E-state index contributed by atoms with van der Waals surface area (Å²) in [6, 6.07) is 20.2. The van der Waals surface area contributed by atoms with E-state index in [-0.39, 0.29) is 11.9 Å². The quantitative estimate of drug-likeness (QED) is 0.696. The summed E-state index contributed by atoms with van der Waals surface area (Å²) < 4.78 is 5.35. The highest BCUT2D eigenvalue weighted by atomic mass is 16.5. The molecule has 1 N–H and O–H groups in total. The first-order chi connectivity index (χ1) is 13.0. The molecular formula is C23H26N2O2. The van der Waals surface area contributed by atoms with Crippen molar-refractivity contribution in [3.8, 4) is 5.75 Å². The molecule has 1 amide bonds. The first-order valence-corrected chi connectivity index (χ1v) is 9.11. The number of fused-ring (bicyclic) bond motifs is 1. The zero-order valence-corrected chi connectivity index (χ0v) is 16.3. The monoisotopic (exact) mass is 362 g/mol. The van der Waals surface area contributed by atoms with Crippen LogP contribution in [0.2, 0.25) is 0 Å². The Balaban J connectivity index is 1.69. The Morgan fingerprint density at radius 2 is 1.81 bits per heavy atom. The standard InChI is InChI=1S/C23H26N2O2/c1-16-9-12-22(27-4)21(13-16)24-23(26)17(2)25(3)15-18-10-11-19-7-5-6-8-20(19)14-18/h5-14,17H,15H2,1-4H3,(H,24,26). The van der Waals surface area contributed by atoms with Crippen molar-refractivity contribution in [3.63, 3.8) is 0 Å². The van der Waals surface area contributed by atoms with E-state index in [4.69, 9.17) is 4.74 Å². The molecule has 0 aliphatic heterocycles. The van der Waals surface area contributed by atoms with Gasteiger partial charge in [-0.15, -0.1) is 0 Å². The number of nitrogens with one attached hydrogen (secondary N) is 1. The summed E-state index contributed by atoms with van der Waals surface area (Å²) in [7, 11) is 3.57. The molecular weight excluding hydrogens is 336 g/mol. The number of anilines is 1. The van der Waals surface area contributed by atoms with Gasteiger partial charge in [-0.05, 0) is 61.0 Å². The number of likely N-dealkylation sites (N-methyl/N-ethyl adjacent to an activating group) is 1. The van der Waals surface area contributed by atoms with Crippen molar-refractivity contribution >= 4 is 22.4 Å². The van der Waals surface area contributed by atoms with Crippen LogP contribution in [0.4, 0.5) is 5.69 Å². The van der Waals surface area contributed by atoms with Crippen molar-refractivity contribution in [2.24, 2.45) is 0 Å². The minimum Gasteiger partial charge on any atom is -0.495 e. The van der Waals surface area contributed by atoms with Crippen molar-refractivity contribution in [2.45, 2.75) is 26.4 Å². The Bertz CT molecular complexity index is 952. The number of ether oxygens (including phenoxy) is 1. The first kappa shape index (κ1) is 18.9. The van der Waals surface area contributed by atoms with Crippen molar-refractivity contribution in [1.82, 2.24) is 4.90 Å². The normalized spacial score (nSPS) is 12.2. The predicted molar refractivity (Wildman–Crippen MR) is 111 cm³/mol. The summed E-state index contributed by atoms with van der Waals surface area (Å²) in [6.07, 6.45) is 0. The van der Waals surface area contributed by atoms with Gasteiger partial charge in [0, 0.05) is 6.54 Å². The third-order valence-corrected chi connectivity index (χ3v) is 4.90. The summed E-state index contributed by atoms with van der Waals surface area (Å²) >= 11 is 0. The molecule has 4 heteroatoms. The molecule has 0 bridgehead atoms. The van der Waals surface area contributed by atoms with Crippen LogP contribution in [0.25, 0.3) is 10.8 Å². The van der Waals surface area contributed by atoms with Gasteiger partial charge in [0.05, 0.1) is 18.8 Å². The van der Waals surface area contributed by atoms with Crippen LogP contribution in [0.1, 0.15) is 18.1 Å². The molecule has 0 fully saturated rings. The van der Waals surface area contributed by atoms with E-state index in [1.165, 1.54) is 16.3 Å². The van der Waals surface area contributed by atoms with Crippen LogP contribution < -0.4 is 10.1 Å². The fourth-order valence-electron chi connectivity index (χ4n) is 3.12. The Kier molecular flexibility index (Phi) is 5.77. The van der Waals surface area contributed by atoms with E-state index >= 15 is 0 Å². The Hall–Kier alpha value is -2.85. The number of hydrogen-bond donors (Lipinski definition) is 1. The average molecular weight is 362 g/mol. The lowest BCUT2D eigenvalue weighted by atomic mass is 10.1. The fourth-order valence-corrected chi connectivity index (χ4v) is 3.12. The molecule has 27 heavy (non-hydrogen) atoms. The van der Waals surface area contributed by atoms with E-state index in [2.05, 4.69) is 35.6 Å². The number of hydrogen-bond acceptors (Lipinski definition) is 3. The highest BCUT2D eigenvalue weighted by Gasteiger charge is 2.19. The maximum atomic E-state index is 12.7. The number of aryl methyl sites for hydroxylation is 1. The van der Waals surface area contributed by atoms with Gasteiger partial charge in [-0.1, -0.05) is 42.5 Å². The lowest BCUT2D eigenvalue weighted by Gasteiger charge is -2.24. The lowest BCUT2D eigenvalue weighted by molar-refractivity contribution is -0.120. The van der Waals surface area contributed by atoms with Crippen molar-refractivity contribution < 1.29 is 9.53 Å². The van der Waals surface area contributed by atoms with Gasteiger partial charge < -0.3 is 10.1 Å². The zero-order chi connectivity index (χ0) is 19.4. The molecule has 0 heterocycles. The molecule has 3 aromatic rings. The number of nitrogens with zero attached hydrogens (tertiary/aromatic N) is 1. The molecule has 0 aromatic heterocycles. The van der Waals surface area contributed by atoms with Gasteiger partial charge in [-0.3, -0.25) is 9.69 Å². The van der Waals surface area contributed by atoms with Gasteiger partial charge in [0.25, 0.3) is 0 Å². The molecule has 0 aliphatic rings. The molecule has 3 aromatic carbocycles. The number of amides is 1. The third kappa shape index (κ3) is 4.47. The number of carbonyl (C=O) groups is 1. The Morgan fingerprint density at radius 1 is 1.07 bits per heavy atom. The van der Waals surface area contributed by atoms with E-state index < -0.39 is 0 Å². The van der Waals surface area contributed by atoms with Gasteiger partial charge >= 0.3 is 0 Å². The highest BCUT2D eigenvalue weighted by Crippen LogP contribution is 2.25. The van der Waals surface area contributed by atoms with Crippen LogP contribution in [0.15, 0.2) is 60.7 Å². The van der Waals surface area contributed by atoms with Crippen LogP contribution in [0.3, 0.4) is 0 Å². The van der Waals surface area contributed by atoms with Crippen LogP contribution in [-0.2, 0) is 11.3 Å². The second-order valence-corrected chi connectivity index (χ2v) is 6.97. The second kappa shape index (κ2) is 8.23. The molecule has 0 saturated heterocycles. The molecule has 4 nitrogen and oxygen atoms in total. The summed E-state index contributed by atoms with van der Waals surface area (Å²) in [5.74, 6) is 0.612. The maximum absolute atomic E-state index is 12.7. The smallest absolute Gasteiger partial charge is 0.241 e. The van der Waals surface area contributed by atoms with E-state index in [9.17, 15) is 4.79 Å². The first-order valence-electron chi connectivity index (χ1n) is 9.11. The maximum Gasteiger partial charge on any atom is 0.241 e. The Labute approximate surface area is 160 Å².